The molecule has 1 spiro atoms. The highest BCUT2D eigenvalue weighted by atomic mass is 16.5. The number of ether oxygens (including phenoxy) is 1. The Morgan fingerprint density at radius 3 is 2.50 bits per heavy atom. The van der Waals surface area contributed by atoms with Crippen LogP contribution in [0, 0.1) is 0 Å². The van der Waals surface area contributed by atoms with Crippen LogP contribution in [-0.4, -0.2) is 61.0 Å². The number of amides is 1. The smallest absolute Gasteiger partial charge is 0.305 e. The number of rotatable bonds is 5. The van der Waals surface area contributed by atoms with Gasteiger partial charge < -0.3 is 9.64 Å². The van der Waals surface area contributed by atoms with E-state index >= 15 is 0 Å². The molecule has 1 atom stereocenters. The number of esters is 1. The summed E-state index contributed by atoms with van der Waals surface area (Å²) in [7, 11) is 3.62. The number of likely N-dealkylation sites (tertiary alicyclic amines) is 2. The molecule has 2 fully saturated rings. The van der Waals surface area contributed by atoms with Crippen LogP contribution in [0.3, 0.4) is 0 Å². The average Bonchev–Trinajstić information content (AvgIpc) is 2.99. The SMILES string of the molecule is COC(=O)CCCC(=O)N1CCC2(CC1)C[C@H](c1ccccc1)CN2C. The van der Waals surface area contributed by atoms with Gasteiger partial charge in [-0.2, -0.15) is 0 Å². The zero-order chi connectivity index (χ0) is 18.6. The third kappa shape index (κ3) is 4.09. The molecular weight excluding hydrogens is 328 g/mol. The molecule has 3 rings (SSSR count). The summed E-state index contributed by atoms with van der Waals surface area (Å²) in [6.45, 7) is 2.74. The van der Waals surface area contributed by atoms with Crippen LogP contribution in [0.1, 0.15) is 50.0 Å². The summed E-state index contributed by atoms with van der Waals surface area (Å²) >= 11 is 0. The maximum Gasteiger partial charge on any atom is 0.305 e. The van der Waals surface area contributed by atoms with E-state index < -0.39 is 0 Å². The summed E-state index contributed by atoms with van der Waals surface area (Å²) in [5, 5.41) is 0. The maximum absolute atomic E-state index is 12.4. The minimum atomic E-state index is -0.241. The Balaban J connectivity index is 1.51. The molecule has 1 aromatic rings. The number of nitrogens with zero attached hydrogens (tertiary/aromatic N) is 2. The van der Waals surface area contributed by atoms with Crippen LogP contribution < -0.4 is 0 Å². The van der Waals surface area contributed by atoms with Crippen molar-refractivity contribution in [3.8, 4) is 0 Å². The molecule has 0 radical (unpaired) electrons. The number of methoxy groups -OCH3 is 1. The van der Waals surface area contributed by atoms with Crippen molar-refractivity contribution >= 4 is 11.9 Å². The van der Waals surface area contributed by atoms with Gasteiger partial charge in [0.15, 0.2) is 0 Å². The minimum Gasteiger partial charge on any atom is -0.469 e. The van der Waals surface area contributed by atoms with Crippen molar-refractivity contribution < 1.29 is 14.3 Å². The molecule has 1 aromatic carbocycles. The molecule has 142 valence electrons. The second-order valence-corrected chi connectivity index (χ2v) is 7.73. The number of hydrogen-bond donors (Lipinski definition) is 0. The van der Waals surface area contributed by atoms with Crippen molar-refractivity contribution in [3.63, 3.8) is 0 Å². The van der Waals surface area contributed by atoms with Crippen molar-refractivity contribution in [2.24, 2.45) is 0 Å². The highest BCUT2D eigenvalue weighted by Gasteiger charge is 2.46. The highest BCUT2D eigenvalue weighted by molar-refractivity contribution is 5.77. The fourth-order valence-electron chi connectivity index (χ4n) is 4.55. The molecule has 2 aliphatic heterocycles. The molecule has 5 nitrogen and oxygen atoms in total. The Kier molecular flexibility index (Phi) is 5.97. The average molecular weight is 358 g/mol. The molecule has 26 heavy (non-hydrogen) atoms. The third-order valence-corrected chi connectivity index (χ3v) is 6.25. The van der Waals surface area contributed by atoms with E-state index in [0.717, 1.165) is 32.5 Å². The molecule has 2 heterocycles. The number of carbonyl (C=O) groups excluding carboxylic acids is 2. The van der Waals surface area contributed by atoms with Gasteiger partial charge in [0.25, 0.3) is 0 Å². The highest BCUT2D eigenvalue weighted by Crippen LogP contribution is 2.43. The van der Waals surface area contributed by atoms with Crippen LogP contribution in [0.15, 0.2) is 30.3 Å². The lowest BCUT2D eigenvalue weighted by Gasteiger charge is -2.43. The lowest BCUT2D eigenvalue weighted by atomic mass is 9.81. The van der Waals surface area contributed by atoms with Gasteiger partial charge in [-0.15, -0.1) is 0 Å². The first-order valence-electron chi connectivity index (χ1n) is 9.65. The van der Waals surface area contributed by atoms with Gasteiger partial charge in [0.1, 0.15) is 0 Å². The second kappa shape index (κ2) is 8.21. The molecular formula is C21H30N2O3. The molecule has 2 saturated heterocycles. The molecule has 2 aliphatic rings. The second-order valence-electron chi connectivity index (χ2n) is 7.73. The Labute approximate surface area is 156 Å². The monoisotopic (exact) mass is 358 g/mol. The van der Waals surface area contributed by atoms with Crippen molar-refractivity contribution in [1.29, 1.82) is 0 Å². The fourth-order valence-corrected chi connectivity index (χ4v) is 4.55. The zero-order valence-electron chi connectivity index (χ0n) is 15.9. The largest absolute Gasteiger partial charge is 0.469 e. The van der Waals surface area contributed by atoms with Crippen LogP contribution >= 0.6 is 0 Å². The summed E-state index contributed by atoms with van der Waals surface area (Å²) in [6.07, 6.45) is 4.58. The van der Waals surface area contributed by atoms with Crippen LogP contribution in [0.5, 0.6) is 0 Å². The predicted octanol–water partition coefficient (Wildman–Crippen LogP) is 2.81. The van der Waals surface area contributed by atoms with Gasteiger partial charge in [-0.1, -0.05) is 30.3 Å². The van der Waals surface area contributed by atoms with Gasteiger partial charge in [-0.3, -0.25) is 14.5 Å². The van der Waals surface area contributed by atoms with Gasteiger partial charge in [0.2, 0.25) is 5.91 Å². The Bertz CT molecular complexity index is 623. The molecule has 1 amide bonds. The third-order valence-electron chi connectivity index (χ3n) is 6.25. The van der Waals surface area contributed by atoms with Gasteiger partial charge in [-0.05, 0) is 44.2 Å². The molecule has 5 heteroatoms. The zero-order valence-corrected chi connectivity index (χ0v) is 15.9. The predicted molar refractivity (Wildman–Crippen MR) is 101 cm³/mol. The summed E-state index contributed by atoms with van der Waals surface area (Å²) in [6, 6.07) is 10.8. The van der Waals surface area contributed by atoms with Crippen molar-refractivity contribution in [3.05, 3.63) is 35.9 Å². The van der Waals surface area contributed by atoms with Crippen molar-refractivity contribution in [2.45, 2.75) is 50.0 Å². The molecule has 0 aromatic heterocycles. The van der Waals surface area contributed by atoms with Gasteiger partial charge in [0.05, 0.1) is 7.11 Å². The first-order valence-corrected chi connectivity index (χ1v) is 9.65. The Hall–Kier alpha value is -1.88. The Morgan fingerprint density at radius 2 is 1.85 bits per heavy atom. The quantitative estimate of drug-likeness (QED) is 0.760. The van der Waals surface area contributed by atoms with Gasteiger partial charge in [-0.25, -0.2) is 0 Å². The van der Waals surface area contributed by atoms with E-state index in [-0.39, 0.29) is 17.4 Å². The summed E-state index contributed by atoms with van der Waals surface area (Å²) in [5.74, 6) is 0.516. The topological polar surface area (TPSA) is 49.9 Å². The first kappa shape index (κ1) is 18.9. The number of benzene rings is 1. The van der Waals surface area contributed by atoms with E-state index in [2.05, 4.69) is 47.0 Å². The minimum absolute atomic E-state index is 0.170. The Morgan fingerprint density at radius 1 is 1.15 bits per heavy atom. The summed E-state index contributed by atoms with van der Waals surface area (Å²) in [4.78, 5) is 28.1. The van der Waals surface area contributed by atoms with Crippen molar-refractivity contribution in [2.75, 3.05) is 33.8 Å². The van der Waals surface area contributed by atoms with E-state index in [0.29, 0.717) is 25.2 Å². The lowest BCUT2D eigenvalue weighted by molar-refractivity contribution is -0.141. The van der Waals surface area contributed by atoms with E-state index in [1.807, 2.05) is 4.90 Å². The van der Waals surface area contributed by atoms with Gasteiger partial charge >= 0.3 is 5.97 Å². The normalized spacial score (nSPS) is 22.5. The van der Waals surface area contributed by atoms with E-state index in [9.17, 15) is 9.59 Å². The molecule has 0 aliphatic carbocycles. The number of piperidine rings is 1. The van der Waals surface area contributed by atoms with Gasteiger partial charge in [0, 0.05) is 38.0 Å². The summed E-state index contributed by atoms with van der Waals surface area (Å²) < 4.78 is 4.63. The van der Waals surface area contributed by atoms with Crippen LogP contribution in [0.2, 0.25) is 0 Å². The van der Waals surface area contributed by atoms with Crippen LogP contribution in [-0.2, 0) is 14.3 Å². The molecule has 0 bridgehead atoms. The van der Waals surface area contributed by atoms with E-state index in [1.165, 1.54) is 19.1 Å². The summed E-state index contributed by atoms with van der Waals surface area (Å²) in [5.41, 5.74) is 1.65. The number of likely N-dealkylation sites (N-methyl/N-ethyl adjacent to an activating group) is 1. The molecule has 0 N–H and O–H groups in total. The molecule has 0 saturated carbocycles. The van der Waals surface area contributed by atoms with Crippen LogP contribution in [0.25, 0.3) is 0 Å². The maximum atomic E-state index is 12.4. The lowest BCUT2D eigenvalue weighted by Crippen LogP contribution is -2.51. The van der Waals surface area contributed by atoms with E-state index in [1.54, 1.807) is 0 Å². The first-order chi connectivity index (χ1) is 12.5. The standard InChI is InChI=1S/C21H30N2O3/c1-22-16-18(17-7-4-3-5-8-17)15-21(22)11-13-23(14-12-21)19(24)9-6-10-20(25)26-2/h3-5,7-8,18H,6,9-16H2,1-2H3/t18-/m0/s1. The number of hydrogen-bond acceptors (Lipinski definition) is 4. The van der Waals surface area contributed by atoms with Crippen LogP contribution in [0.4, 0.5) is 0 Å². The number of carbonyl (C=O) groups is 2. The van der Waals surface area contributed by atoms with E-state index in [4.69, 9.17) is 0 Å². The molecule has 0 unspecified atom stereocenters. The van der Waals surface area contributed by atoms with Crippen molar-refractivity contribution in [1.82, 2.24) is 9.80 Å². The fraction of sp³-hybridized carbons (Fsp3) is 0.619.